The van der Waals surface area contributed by atoms with E-state index in [0.717, 1.165) is 59.1 Å². The minimum atomic E-state index is -0.489. The number of benzene rings is 2. The summed E-state index contributed by atoms with van der Waals surface area (Å²) >= 11 is 12.6. The molecule has 0 spiro atoms. The molecule has 2 atom stereocenters. The summed E-state index contributed by atoms with van der Waals surface area (Å²) in [6.07, 6.45) is 6.66. The number of amides is 1. The number of nitrogens with zero attached hydrogens (tertiary/aromatic N) is 2. The molecule has 0 radical (unpaired) electrons. The number of fused-ring (bicyclic) bond motifs is 1. The molecule has 1 aliphatic rings. The molecule has 1 aliphatic heterocycles. The number of likely N-dealkylation sites (tertiary alicyclic amines) is 1. The van der Waals surface area contributed by atoms with Crippen LogP contribution in [0.2, 0.25) is 10.0 Å². The molecule has 1 saturated heterocycles. The first-order chi connectivity index (χ1) is 16.0. The first kappa shape index (κ1) is 21.9. The molecule has 4 aromatic rings. The van der Waals surface area contributed by atoms with Crippen molar-refractivity contribution in [1.29, 1.82) is 0 Å². The summed E-state index contributed by atoms with van der Waals surface area (Å²) in [6, 6.07) is 13.3. The van der Waals surface area contributed by atoms with Crippen LogP contribution in [0, 0.1) is 5.82 Å². The maximum Gasteiger partial charge on any atom is 0.210 e. The van der Waals surface area contributed by atoms with Crippen molar-refractivity contribution in [3.8, 4) is 11.1 Å². The van der Waals surface area contributed by atoms with Gasteiger partial charge in [0.25, 0.3) is 0 Å². The third-order valence-corrected chi connectivity index (χ3v) is 7.31. The van der Waals surface area contributed by atoms with E-state index in [0.29, 0.717) is 10.6 Å². The van der Waals surface area contributed by atoms with Gasteiger partial charge in [-0.15, -0.1) is 0 Å². The van der Waals surface area contributed by atoms with E-state index < -0.39 is 5.82 Å². The Hall–Kier alpha value is -2.89. The number of hydrogen-bond acceptors (Lipinski definition) is 2. The number of hydrogen-bond donors (Lipinski definition) is 1. The van der Waals surface area contributed by atoms with Gasteiger partial charge in [0.15, 0.2) is 0 Å². The second-order valence-electron chi connectivity index (χ2n) is 8.47. The van der Waals surface area contributed by atoms with Crippen LogP contribution in [0.5, 0.6) is 0 Å². The van der Waals surface area contributed by atoms with E-state index in [1.54, 1.807) is 0 Å². The van der Waals surface area contributed by atoms with Gasteiger partial charge in [0, 0.05) is 40.8 Å². The fourth-order valence-corrected chi connectivity index (χ4v) is 5.50. The van der Waals surface area contributed by atoms with Crippen molar-refractivity contribution in [3.63, 3.8) is 0 Å². The van der Waals surface area contributed by atoms with Crippen LogP contribution in [0.4, 0.5) is 4.39 Å². The number of rotatable bonds is 5. The van der Waals surface area contributed by atoms with E-state index in [4.69, 9.17) is 23.2 Å². The first-order valence-corrected chi connectivity index (χ1v) is 11.7. The smallest absolute Gasteiger partial charge is 0.210 e. The maximum absolute atomic E-state index is 14.1. The van der Waals surface area contributed by atoms with Crippen LogP contribution in [0.1, 0.15) is 48.4 Å². The van der Waals surface area contributed by atoms with E-state index in [2.05, 4.69) is 40.3 Å². The predicted molar refractivity (Wildman–Crippen MR) is 130 cm³/mol. The molecule has 5 rings (SSSR count). The van der Waals surface area contributed by atoms with Crippen LogP contribution in [-0.4, -0.2) is 27.8 Å². The van der Waals surface area contributed by atoms with Crippen LogP contribution in [-0.2, 0) is 4.79 Å². The van der Waals surface area contributed by atoms with Crippen molar-refractivity contribution < 1.29 is 9.18 Å². The van der Waals surface area contributed by atoms with E-state index >= 15 is 0 Å². The molecular formula is C26H22Cl2FN3O. The van der Waals surface area contributed by atoms with Crippen molar-refractivity contribution in [2.45, 2.75) is 31.7 Å². The fraction of sp³-hybridized carbons (Fsp3) is 0.231. The minimum absolute atomic E-state index is 0.0420. The molecule has 168 valence electrons. The lowest BCUT2D eigenvalue weighted by atomic mass is 9.92. The van der Waals surface area contributed by atoms with Crippen molar-refractivity contribution in [2.24, 2.45) is 0 Å². The Bertz CT molecular complexity index is 1340. The van der Waals surface area contributed by atoms with Gasteiger partial charge >= 0.3 is 0 Å². The zero-order chi connectivity index (χ0) is 23.1. The molecule has 7 heteroatoms. The maximum atomic E-state index is 14.1. The molecule has 1 amide bonds. The average molecular weight is 482 g/mol. The molecule has 1 fully saturated rings. The molecule has 3 heterocycles. The zero-order valence-electron chi connectivity index (χ0n) is 18.0. The number of halogens is 3. The van der Waals surface area contributed by atoms with Crippen molar-refractivity contribution in [3.05, 3.63) is 87.4 Å². The summed E-state index contributed by atoms with van der Waals surface area (Å²) in [4.78, 5) is 21.0. The van der Waals surface area contributed by atoms with Crippen molar-refractivity contribution in [1.82, 2.24) is 14.9 Å². The van der Waals surface area contributed by atoms with Gasteiger partial charge in [0.1, 0.15) is 11.5 Å². The quantitative estimate of drug-likeness (QED) is 0.243. The highest BCUT2D eigenvalue weighted by molar-refractivity contribution is 6.36. The lowest BCUT2D eigenvalue weighted by Crippen LogP contribution is -2.20. The number of nitrogens with one attached hydrogen (secondary N) is 1. The third-order valence-electron chi connectivity index (χ3n) is 6.60. The highest BCUT2D eigenvalue weighted by atomic mass is 35.5. The Morgan fingerprint density at radius 2 is 1.97 bits per heavy atom. The molecular weight excluding hydrogens is 460 g/mol. The summed E-state index contributed by atoms with van der Waals surface area (Å²) < 4.78 is 14.1. The Morgan fingerprint density at radius 3 is 2.73 bits per heavy atom. The highest BCUT2D eigenvalue weighted by Crippen LogP contribution is 2.40. The average Bonchev–Trinajstić information content (AvgIpc) is 3.48. The van der Waals surface area contributed by atoms with Gasteiger partial charge in [0.05, 0.1) is 11.1 Å². The lowest BCUT2D eigenvalue weighted by molar-refractivity contribution is -0.118. The van der Waals surface area contributed by atoms with Gasteiger partial charge in [-0.3, -0.25) is 4.79 Å². The Morgan fingerprint density at radius 1 is 1.18 bits per heavy atom. The van der Waals surface area contributed by atoms with Gasteiger partial charge in [-0.25, -0.2) is 9.37 Å². The Labute approximate surface area is 201 Å². The van der Waals surface area contributed by atoms with E-state index in [1.807, 2.05) is 24.2 Å². The number of pyridine rings is 1. The summed E-state index contributed by atoms with van der Waals surface area (Å²) in [7, 11) is 0. The number of carbonyl (C=O) groups excluding carboxylic acids is 1. The van der Waals surface area contributed by atoms with Crippen LogP contribution in [0.3, 0.4) is 0 Å². The van der Waals surface area contributed by atoms with Crippen LogP contribution < -0.4 is 0 Å². The summed E-state index contributed by atoms with van der Waals surface area (Å²) in [6.45, 7) is 2.77. The van der Waals surface area contributed by atoms with Gasteiger partial charge in [-0.05, 0) is 53.3 Å². The topological polar surface area (TPSA) is 49.0 Å². The molecule has 2 unspecified atom stereocenters. The van der Waals surface area contributed by atoms with Gasteiger partial charge in [0.2, 0.25) is 6.41 Å². The zero-order valence-corrected chi connectivity index (χ0v) is 19.5. The number of aromatic amines is 1. The molecule has 0 saturated carbocycles. The van der Waals surface area contributed by atoms with Crippen LogP contribution in [0.25, 0.3) is 22.2 Å². The summed E-state index contributed by atoms with van der Waals surface area (Å²) in [5, 5.41) is 1.41. The van der Waals surface area contributed by atoms with E-state index in [-0.39, 0.29) is 17.0 Å². The molecule has 2 aromatic carbocycles. The number of carbonyl (C=O) groups is 1. The summed E-state index contributed by atoms with van der Waals surface area (Å²) in [5.74, 6) is -0.720. The largest absolute Gasteiger partial charge is 0.346 e. The molecule has 2 aromatic heterocycles. The van der Waals surface area contributed by atoms with Crippen LogP contribution >= 0.6 is 23.2 Å². The first-order valence-electron chi connectivity index (χ1n) is 10.9. The normalized spacial score (nSPS) is 17.0. The van der Waals surface area contributed by atoms with Gasteiger partial charge in [-0.1, -0.05) is 54.4 Å². The third kappa shape index (κ3) is 3.90. The van der Waals surface area contributed by atoms with E-state index in [1.165, 1.54) is 12.1 Å². The molecule has 4 nitrogen and oxygen atoms in total. The molecule has 1 N–H and O–H groups in total. The Balaban J connectivity index is 1.50. The monoisotopic (exact) mass is 481 g/mol. The number of H-pyrrole nitrogens is 1. The fourth-order valence-electron chi connectivity index (χ4n) is 4.81. The SMILES string of the molecule is CC(c1c(Cl)ccc(F)c1Cl)c1c[nH]c2ncc(-c3ccc(C4CCCN4C=O)cc3)cc12. The van der Waals surface area contributed by atoms with Crippen LogP contribution in [0.15, 0.2) is 54.9 Å². The molecule has 0 bridgehead atoms. The second-order valence-corrected chi connectivity index (χ2v) is 9.25. The van der Waals surface area contributed by atoms with Gasteiger partial charge in [-0.2, -0.15) is 0 Å². The van der Waals surface area contributed by atoms with Crippen molar-refractivity contribution in [2.75, 3.05) is 6.54 Å². The minimum Gasteiger partial charge on any atom is -0.346 e. The molecule has 0 aliphatic carbocycles. The highest BCUT2D eigenvalue weighted by Gasteiger charge is 2.25. The number of aromatic nitrogens is 2. The molecule has 33 heavy (non-hydrogen) atoms. The Kier molecular flexibility index (Phi) is 5.85. The summed E-state index contributed by atoms with van der Waals surface area (Å²) in [5.41, 5.74) is 5.39. The van der Waals surface area contributed by atoms with E-state index in [9.17, 15) is 9.18 Å². The standard InChI is InChI=1S/C26H22Cl2FN3O/c1-15(24-21(27)8-9-22(29)25(24)28)20-13-31-26-19(20)11-18(12-30-26)16-4-6-17(7-5-16)23-3-2-10-32(23)14-33/h4-9,11-15,23H,2-3,10H2,1H3,(H,30,31). The predicted octanol–water partition coefficient (Wildman–Crippen LogP) is 7.12. The van der Waals surface area contributed by atoms with Gasteiger partial charge < -0.3 is 9.88 Å². The van der Waals surface area contributed by atoms with Crippen molar-refractivity contribution >= 4 is 40.6 Å². The lowest BCUT2D eigenvalue weighted by Gasteiger charge is -2.20. The second kappa shape index (κ2) is 8.81.